The van der Waals surface area contributed by atoms with E-state index in [1.165, 1.54) is 37.4 Å². The van der Waals surface area contributed by atoms with Crippen molar-refractivity contribution in [3.8, 4) is 6.07 Å². The summed E-state index contributed by atoms with van der Waals surface area (Å²) in [6.07, 6.45) is 0. The zero-order chi connectivity index (χ0) is 17.7. The van der Waals surface area contributed by atoms with Gasteiger partial charge in [-0.1, -0.05) is 29.8 Å². The molecule has 0 fully saturated rings. The van der Waals surface area contributed by atoms with Crippen LogP contribution < -0.4 is 5.32 Å². The lowest BCUT2D eigenvalue weighted by Gasteiger charge is -2.17. The molecule has 0 heterocycles. The molecule has 0 bridgehead atoms. The van der Waals surface area contributed by atoms with Gasteiger partial charge in [0.05, 0.1) is 22.0 Å². The van der Waals surface area contributed by atoms with E-state index in [-0.39, 0.29) is 22.0 Å². The topological polar surface area (TPSA) is 90.3 Å². The van der Waals surface area contributed by atoms with Crippen molar-refractivity contribution in [1.82, 2.24) is 4.31 Å². The minimum atomic E-state index is -3.75. The summed E-state index contributed by atoms with van der Waals surface area (Å²) < 4.78 is 25.7. The molecule has 24 heavy (non-hydrogen) atoms. The van der Waals surface area contributed by atoms with E-state index in [9.17, 15) is 13.2 Å². The fourth-order valence-electron chi connectivity index (χ4n) is 1.95. The van der Waals surface area contributed by atoms with E-state index < -0.39 is 15.9 Å². The summed E-state index contributed by atoms with van der Waals surface area (Å²) >= 11 is 5.82. The first-order valence-electron chi connectivity index (χ1n) is 6.85. The monoisotopic (exact) mass is 363 g/mol. The van der Waals surface area contributed by atoms with E-state index in [1.54, 1.807) is 18.2 Å². The molecular weight excluding hydrogens is 350 g/mol. The number of rotatable bonds is 5. The molecule has 0 unspecified atom stereocenters. The van der Waals surface area contributed by atoms with Gasteiger partial charge in [0, 0.05) is 12.7 Å². The van der Waals surface area contributed by atoms with Gasteiger partial charge in [0.15, 0.2) is 0 Å². The van der Waals surface area contributed by atoms with Gasteiger partial charge in [-0.3, -0.25) is 4.79 Å². The van der Waals surface area contributed by atoms with Crippen molar-refractivity contribution >= 4 is 33.2 Å². The second-order valence-electron chi connectivity index (χ2n) is 4.93. The third kappa shape index (κ3) is 4.11. The molecule has 0 aromatic heterocycles. The molecule has 1 amide bonds. The number of nitrogens with zero attached hydrogens (tertiary/aromatic N) is 2. The number of likely N-dealkylation sites (N-methyl/N-ethyl adjacent to an activating group) is 1. The maximum atomic E-state index is 12.4. The molecule has 0 atom stereocenters. The molecule has 0 aliphatic heterocycles. The van der Waals surface area contributed by atoms with Crippen molar-refractivity contribution in [2.24, 2.45) is 0 Å². The van der Waals surface area contributed by atoms with E-state index >= 15 is 0 Å². The third-order valence-corrected chi connectivity index (χ3v) is 5.34. The average molecular weight is 364 g/mol. The number of hydrogen-bond donors (Lipinski definition) is 1. The zero-order valence-electron chi connectivity index (χ0n) is 12.7. The van der Waals surface area contributed by atoms with Crippen LogP contribution in [0.4, 0.5) is 5.69 Å². The second-order valence-corrected chi connectivity index (χ2v) is 7.38. The van der Waals surface area contributed by atoms with E-state index in [1.807, 2.05) is 6.07 Å². The number of carbonyl (C=O) groups excluding carboxylic acids is 1. The van der Waals surface area contributed by atoms with Gasteiger partial charge < -0.3 is 5.32 Å². The Labute approximate surface area is 145 Å². The van der Waals surface area contributed by atoms with Gasteiger partial charge >= 0.3 is 0 Å². The molecular formula is C16H14ClN3O3S. The highest BCUT2D eigenvalue weighted by atomic mass is 35.5. The number of anilines is 1. The molecule has 2 rings (SSSR count). The molecule has 0 saturated carbocycles. The van der Waals surface area contributed by atoms with E-state index in [4.69, 9.17) is 16.9 Å². The number of amides is 1. The van der Waals surface area contributed by atoms with Crippen LogP contribution in [0.25, 0.3) is 0 Å². The lowest BCUT2D eigenvalue weighted by atomic mass is 10.2. The molecule has 0 aliphatic carbocycles. The quantitative estimate of drug-likeness (QED) is 0.883. The van der Waals surface area contributed by atoms with Crippen LogP contribution in [0, 0.1) is 11.3 Å². The van der Waals surface area contributed by atoms with Gasteiger partial charge in [0.2, 0.25) is 15.9 Å². The molecule has 124 valence electrons. The van der Waals surface area contributed by atoms with Gasteiger partial charge in [-0.15, -0.1) is 0 Å². The Balaban J connectivity index is 2.08. The van der Waals surface area contributed by atoms with Crippen LogP contribution in [-0.2, 0) is 14.8 Å². The van der Waals surface area contributed by atoms with Crippen LogP contribution in [0.3, 0.4) is 0 Å². The van der Waals surface area contributed by atoms with Crippen molar-refractivity contribution in [3.63, 3.8) is 0 Å². The molecule has 1 N–H and O–H groups in total. The number of halogens is 1. The van der Waals surface area contributed by atoms with Crippen molar-refractivity contribution < 1.29 is 13.2 Å². The largest absolute Gasteiger partial charge is 0.325 e. The van der Waals surface area contributed by atoms with Gasteiger partial charge in [-0.2, -0.15) is 9.57 Å². The Morgan fingerprint density at radius 3 is 2.54 bits per heavy atom. The van der Waals surface area contributed by atoms with Crippen LogP contribution >= 0.6 is 11.6 Å². The molecule has 0 spiro atoms. The molecule has 0 aliphatic rings. The number of nitriles is 1. The molecule has 0 radical (unpaired) electrons. The van der Waals surface area contributed by atoms with Crippen molar-refractivity contribution in [2.75, 3.05) is 18.9 Å². The van der Waals surface area contributed by atoms with Crippen LogP contribution in [-0.4, -0.2) is 32.2 Å². The minimum absolute atomic E-state index is 0.110. The molecule has 2 aromatic carbocycles. The smallest absolute Gasteiger partial charge is 0.243 e. The van der Waals surface area contributed by atoms with E-state index in [0.29, 0.717) is 5.69 Å². The van der Waals surface area contributed by atoms with Gasteiger partial charge in [0.25, 0.3) is 0 Å². The Kier molecular flexibility index (Phi) is 5.57. The highest BCUT2D eigenvalue weighted by molar-refractivity contribution is 7.89. The fraction of sp³-hybridized carbons (Fsp3) is 0.125. The third-order valence-electron chi connectivity index (χ3n) is 3.19. The first-order valence-corrected chi connectivity index (χ1v) is 8.67. The van der Waals surface area contributed by atoms with Crippen LogP contribution in [0.1, 0.15) is 5.56 Å². The second kappa shape index (κ2) is 7.45. The predicted octanol–water partition coefficient (Wildman–Crippen LogP) is 2.47. The molecule has 0 saturated heterocycles. The first-order chi connectivity index (χ1) is 11.3. The van der Waals surface area contributed by atoms with Gasteiger partial charge in [-0.05, 0) is 30.3 Å². The summed E-state index contributed by atoms with van der Waals surface area (Å²) in [7, 11) is -2.42. The number of carbonyl (C=O) groups is 1. The fourth-order valence-corrected chi connectivity index (χ4v) is 3.26. The Morgan fingerprint density at radius 1 is 1.25 bits per heavy atom. The molecule has 2 aromatic rings. The molecule has 8 heteroatoms. The normalized spacial score (nSPS) is 11.1. The predicted molar refractivity (Wildman–Crippen MR) is 91.1 cm³/mol. The summed E-state index contributed by atoms with van der Waals surface area (Å²) in [5.41, 5.74) is 0.589. The summed E-state index contributed by atoms with van der Waals surface area (Å²) in [5.74, 6) is -0.525. The minimum Gasteiger partial charge on any atom is -0.325 e. The maximum absolute atomic E-state index is 12.4. The Hall–Kier alpha value is -2.40. The van der Waals surface area contributed by atoms with Gasteiger partial charge in [-0.25, -0.2) is 8.42 Å². The highest BCUT2D eigenvalue weighted by Crippen LogP contribution is 2.20. The van der Waals surface area contributed by atoms with Crippen molar-refractivity contribution in [2.45, 2.75) is 4.90 Å². The van der Waals surface area contributed by atoms with E-state index in [2.05, 4.69) is 5.32 Å². The maximum Gasteiger partial charge on any atom is 0.243 e. The number of sulfonamides is 1. The number of hydrogen-bond acceptors (Lipinski definition) is 4. The van der Waals surface area contributed by atoms with Crippen molar-refractivity contribution in [1.29, 1.82) is 5.26 Å². The Morgan fingerprint density at radius 2 is 1.92 bits per heavy atom. The first kappa shape index (κ1) is 17.9. The lowest BCUT2D eigenvalue weighted by molar-refractivity contribution is -0.116. The van der Waals surface area contributed by atoms with Crippen LogP contribution in [0.5, 0.6) is 0 Å². The SMILES string of the molecule is CN(CC(=O)Nc1ccc(Cl)c(C#N)c1)S(=O)(=O)c1ccccc1. The standard InChI is InChI=1S/C16H14ClN3O3S/c1-20(24(22,23)14-5-3-2-4-6-14)11-16(21)19-13-7-8-15(17)12(9-13)10-18/h2-9H,11H2,1H3,(H,19,21). The molecule has 6 nitrogen and oxygen atoms in total. The average Bonchev–Trinajstić information content (AvgIpc) is 2.57. The zero-order valence-corrected chi connectivity index (χ0v) is 14.3. The lowest BCUT2D eigenvalue weighted by Crippen LogP contribution is -2.34. The van der Waals surface area contributed by atoms with E-state index in [0.717, 1.165) is 4.31 Å². The van der Waals surface area contributed by atoms with Crippen molar-refractivity contribution in [3.05, 3.63) is 59.1 Å². The van der Waals surface area contributed by atoms with Gasteiger partial charge in [0.1, 0.15) is 6.07 Å². The highest BCUT2D eigenvalue weighted by Gasteiger charge is 2.22. The Bertz CT molecular complexity index is 893. The van der Waals surface area contributed by atoms with Crippen LogP contribution in [0.2, 0.25) is 5.02 Å². The summed E-state index contributed by atoms with van der Waals surface area (Å²) in [6, 6.07) is 14.2. The summed E-state index contributed by atoms with van der Waals surface area (Å²) in [6.45, 7) is -0.359. The van der Waals surface area contributed by atoms with Crippen LogP contribution in [0.15, 0.2) is 53.4 Å². The summed E-state index contributed by atoms with van der Waals surface area (Å²) in [4.78, 5) is 12.2. The number of benzene rings is 2. The number of nitrogens with one attached hydrogen (secondary N) is 1. The summed E-state index contributed by atoms with van der Waals surface area (Å²) in [5, 5.41) is 11.7.